The van der Waals surface area contributed by atoms with E-state index in [1.807, 2.05) is 0 Å². The number of hydrogen-bond acceptors (Lipinski definition) is 1. The minimum Gasteiger partial charge on any atom is -0.310 e. The molecule has 0 bridgehead atoms. The zero-order chi connectivity index (χ0) is 14.6. The largest absolute Gasteiger partial charge is 0.310 e. The van der Waals surface area contributed by atoms with Crippen LogP contribution in [0.2, 0.25) is 19.6 Å². The molecule has 1 aliphatic rings. The van der Waals surface area contributed by atoms with Crippen molar-refractivity contribution in [1.29, 1.82) is 0 Å². The van der Waals surface area contributed by atoms with Gasteiger partial charge in [-0.15, -0.1) is 0 Å². The SMILES string of the molecule is C[C@H](NCc1ccc([Si](C)(C)C)cc1)C1CCCCC1. The molecule has 2 rings (SSSR count). The van der Waals surface area contributed by atoms with Crippen molar-refractivity contribution in [1.82, 2.24) is 5.32 Å². The van der Waals surface area contributed by atoms with E-state index in [2.05, 4.69) is 56.1 Å². The van der Waals surface area contributed by atoms with E-state index >= 15 is 0 Å². The minimum absolute atomic E-state index is 0.659. The Kier molecular flexibility index (Phi) is 5.45. The zero-order valence-electron chi connectivity index (χ0n) is 13.7. The van der Waals surface area contributed by atoms with Gasteiger partial charge in [-0.1, -0.05) is 68.4 Å². The first kappa shape index (κ1) is 15.8. The third-order valence-corrected chi connectivity index (χ3v) is 6.87. The van der Waals surface area contributed by atoms with Gasteiger partial charge in [0.05, 0.1) is 8.07 Å². The maximum Gasteiger partial charge on any atom is 0.0775 e. The summed E-state index contributed by atoms with van der Waals surface area (Å²) in [5.41, 5.74) is 1.43. The van der Waals surface area contributed by atoms with Crippen molar-refractivity contribution in [3.05, 3.63) is 29.8 Å². The van der Waals surface area contributed by atoms with Crippen molar-refractivity contribution < 1.29 is 0 Å². The molecule has 1 N–H and O–H groups in total. The molecule has 1 aliphatic carbocycles. The first-order valence-corrected chi connectivity index (χ1v) is 11.8. The summed E-state index contributed by atoms with van der Waals surface area (Å²) >= 11 is 0. The summed E-state index contributed by atoms with van der Waals surface area (Å²) in [6.45, 7) is 10.6. The molecule has 20 heavy (non-hydrogen) atoms. The second-order valence-corrected chi connectivity index (χ2v) is 12.6. The topological polar surface area (TPSA) is 12.0 Å². The van der Waals surface area contributed by atoms with Gasteiger partial charge in [-0.25, -0.2) is 0 Å². The Bertz CT molecular complexity index is 398. The summed E-state index contributed by atoms with van der Waals surface area (Å²) in [7, 11) is -1.15. The lowest BCUT2D eigenvalue weighted by Crippen LogP contribution is -2.37. The monoisotopic (exact) mass is 289 g/mol. The molecule has 1 saturated carbocycles. The smallest absolute Gasteiger partial charge is 0.0775 e. The molecule has 1 aromatic rings. The third-order valence-electron chi connectivity index (χ3n) is 4.81. The first-order chi connectivity index (χ1) is 9.47. The van der Waals surface area contributed by atoms with E-state index in [-0.39, 0.29) is 0 Å². The van der Waals surface area contributed by atoms with E-state index in [4.69, 9.17) is 0 Å². The quantitative estimate of drug-likeness (QED) is 0.797. The Hall–Kier alpha value is -0.603. The van der Waals surface area contributed by atoms with Gasteiger partial charge in [0.2, 0.25) is 0 Å². The van der Waals surface area contributed by atoms with E-state index in [9.17, 15) is 0 Å². The number of nitrogens with one attached hydrogen (secondary N) is 1. The van der Waals surface area contributed by atoms with Gasteiger partial charge in [0.25, 0.3) is 0 Å². The summed E-state index contributed by atoms with van der Waals surface area (Å²) in [6, 6.07) is 9.97. The molecule has 1 aromatic carbocycles. The third kappa shape index (κ3) is 4.46. The molecule has 0 saturated heterocycles. The molecule has 0 heterocycles. The summed E-state index contributed by atoms with van der Waals surface area (Å²) in [4.78, 5) is 0. The van der Waals surface area contributed by atoms with E-state index in [1.54, 1.807) is 5.19 Å². The highest BCUT2D eigenvalue weighted by Gasteiger charge is 2.19. The van der Waals surface area contributed by atoms with Gasteiger partial charge >= 0.3 is 0 Å². The lowest BCUT2D eigenvalue weighted by molar-refractivity contribution is 0.280. The fourth-order valence-electron chi connectivity index (χ4n) is 3.20. The second-order valence-electron chi connectivity index (χ2n) is 7.51. The van der Waals surface area contributed by atoms with Crippen molar-refractivity contribution in [2.45, 2.75) is 71.3 Å². The van der Waals surface area contributed by atoms with Crippen LogP contribution in [0.25, 0.3) is 0 Å². The molecule has 112 valence electrons. The molecule has 1 nitrogen and oxygen atoms in total. The lowest BCUT2D eigenvalue weighted by atomic mass is 9.84. The van der Waals surface area contributed by atoms with Crippen molar-refractivity contribution in [3.63, 3.8) is 0 Å². The highest BCUT2D eigenvalue weighted by molar-refractivity contribution is 6.88. The Labute approximate surface area is 126 Å². The summed E-state index contributed by atoms with van der Waals surface area (Å²) in [5.74, 6) is 0.894. The van der Waals surface area contributed by atoms with E-state index in [0.29, 0.717) is 6.04 Å². The van der Waals surface area contributed by atoms with Crippen LogP contribution < -0.4 is 10.5 Å². The molecular weight excluding hydrogens is 258 g/mol. The highest BCUT2D eigenvalue weighted by Crippen LogP contribution is 2.26. The summed E-state index contributed by atoms with van der Waals surface area (Å²) < 4.78 is 0. The van der Waals surface area contributed by atoms with Crippen molar-refractivity contribution in [2.75, 3.05) is 0 Å². The molecule has 0 unspecified atom stereocenters. The molecule has 1 fully saturated rings. The van der Waals surface area contributed by atoms with Crippen LogP contribution in [0.3, 0.4) is 0 Å². The molecule has 0 aromatic heterocycles. The van der Waals surface area contributed by atoms with Crippen LogP contribution >= 0.6 is 0 Å². The Morgan fingerprint density at radius 2 is 1.65 bits per heavy atom. The van der Waals surface area contributed by atoms with Gasteiger partial charge < -0.3 is 5.32 Å². The average molecular weight is 290 g/mol. The molecule has 0 spiro atoms. The van der Waals surface area contributed by atoms with Gasteiger partial charge in [0, 0.05) is 12.6 Å². The van der Waals surface area contributed by atoms with Crippen molar-refractivity contribution in [2.24, 2.45) is 5.92 Å². The van der Waals surface area contributed by atoms with Gasteiger partial charge in [-0.05, 0) is 31.2 Å². The van der Waals surface area contributed by atoms with E-state index in [1.165, 1.54) is 37.7 Å². The first-order valence-electron chi connectivity index (χ1n) is 8.29. The molecule has 0 radical (unpaired) electrons. The summed E-state index contributed by atoms with van der Waals surface area (Å²) in [5, 5.41) is 5.30. The predicted molar refractivity (Wildman–Crippen MR) is 92.3 cm³/mol. The molecular formula is C18H31NSi. The van der Waals surface area contributed by atoms with Crippen LogP contribution in [0, 0.1) is 5.92 Å². The van der Waals surface area contributed by atoms with Gasteiger partial charge in [0.15, 0.2) is 0 Å². The predicted octanol–water partition coefficient (Wildman–Crippen LogP) is 4.29. The lowest BCUT2D eigenvalue weighted by Gasteiger charge is -2.28. The molecule has 0 amide bonds. The van der Waals surface area contributed by atoms with Crippen LogP contribution in [0.5, 0.6) is 0 Å². The van der Waals surface area contributed by atoms with E-state index in [0.717, 1.165) is 12.5 Å². The normalized spacial score (nSPS) is 19.0. The van der Waals surface area contributed by atoms with Crippen molar-refractivity contribution >= 4 is 13.3 Å². The number of rotatable bonds is 5. The van der Waals surface area contributed by atoms with Crippen LogP contribution in [-0.4, -0.2) is 14.1 Å². The van der Waals surface area contributed by atoms with Crippen molar-refractivity contribution in [3.8, 4) is 0 Å². The van der Waals surface area contributed by atoms with E-state index < -0.39 is 8.07 Å². The zero-order valence-corrected chi connectivity index (χ0v) is 14.7. The van der Waals surface area contributed by atoms with Crippen LogP contribution in [0.15, 0.2) is 24.3 Å². The Balaban J connectivity index is 1.84. The average Bonchev–Trinajstić information content (AvgIpc) is 2.45. The fraction of sp³-hybridized carbons (Fsp3) is 0.667. The number of benzene rings is 1. The van der Waals surface area contributed by atoms with Crippen LogP contribution in [0.4, 0.5) is 0 Å². The Morgan fingerprint density at radius 1 is 1.05 bits per heavy atom. The Morgan fingerprint density at radius 3 is 2.20 bits per heavy atom. The summed E-state index contributed by atoms with van der Waals surface area (Å²) in [6.07, 6.45) is 7.15. The number of hydrogen-bond donors (Lipinski definition) is 1. The molecule has 2 heteroatoms. The van der Waals surface area contributed by atoms with Gasteiger partial charge in [-0.2, -0.15) is 0 Å². The highest BCUT2D eigenvalue weighted by atomic mass is 28.3. The van der Waals surface area contributed by atoms with Gasteiger partial charge in [-0.3, -0.25) is 0 Å². The maximum atomic E-state index is 3.74. The molecule has 0 aliphatic heterocycles. The van der Waals surface area contributed by atoms with Crippen LogP contribution in [0.1, 0.15) is 44.6 Å². The fourth-order valence-corrected chi connectivity index (χ4v) is 4.37. The standard InChI is InChI=1S/C18H31NSi/c1-15(17-8-6-5-7-9-17)19-14-16-10-12-18(13-11-16)20(2,3)4/h10-13,15,17,19H,5-9,14H2,1-4H3/t15-/m0/s1. The second kappa shape index (κ2) is 6.90. The molecule has 1 atom stereocenters. The van der Waals surface area contributed by atoms with Gasteiger partial charge in [0.1, 0.15) is 0 Å². The minimum atomic E-state index is -1.15. The van der Waals surface area contributed by atoms with Crippen LogP contribution in [-0.2, 0) is 6.54 Å². The maximum absolute atomic E-state index is 3.74.